The van der Waals surface area contributed by atoms with Gasteiger partial charge in [-0.25, -0.2) is 9.78 Å². The Morgan fingerprint density at radius 3 is 2.70 bits per heavy atom. The zero-order valence-corrected chi connectivity index (χ0v) is 11.1. The van der Waals surface area contributed by atoms with Crippen LogP contribution in [0.1, 0.15) is 33.5 Å². The average Bonchev–Trinajstić information content (AvgIpc) is 2.93. The molecule has 1 aliphatic rings. The van der Waals surface area contributed by atoms with Crippen LogP contribution in [0.25, 0.3) is 0 Å². The van der Waals surface area contributed by atoms with Gasteiger partial charge in [-0.05, 0) is 54.2 Å². The Labute approximate surface area is 117 Å². The van der Waals surface area contributed by atoms with E-state index in [0.717, 1.165) is 24.2 Å². The van der Waals surface area contributed by atoms with Crippen molar-refractivity contribution in [2.45, 2.75) is 25.8 Å². The number of hydrogen-bond acceptors (Lipinski definition) is 3. The number of fused-ring (bicyclic) bond motifs is 1. The number of carboxylic acids is 1. The van der Waals surface area contributed by atoms with E-state index in [-0.39, 0.29) is 0 Å². The van der Waals surface area contributed by atoms with Crippen molar-refractivity contribution >= 4 is 11.8 Å². The maximum atomic E-state index is 10.8. The summed E-state index contributed by atoms with van der Waals surface area (Å²) in [5.74, 6) is -0.0160. The highest BCUT2D eigenvalue weighted by Gasteiger charge is 2.11. The molecule has 4 nitrogen and oxygen atoms in total. The zero-order valence-electron chi connectivity index (χ0n) is 11.1. The molecule has 2 aromatic rings. The van der Waals surface area contributed by atoms with Crippen LogP contribution >= 0.6 is 0 Å². The number of aromatic carboxylic acids is 1. The molecule has 1 aromatic carbocycles. The van der Waals surface area contributed by atoms with Crippen molar-refractivity contribution in [1.29, 1.82) is 0 Å². The SMILES string of the molecule is O=C(O)c1ccc(CNc2cc3c(cn2)CCC3)cc1. The third-order valence-corrected chi connectivity index (χ3v) is 3.65. The number of benzene rings is 1. The van der Waals surface area contributed by atoms with Crippen LogP contribution in [0.5, 0.6) is 0 Å². The first-order valence-electron chi connectivity index (χ1n) is 6.76. The van der Waals surface area contributed by atoms with E-state index in [2.05, 4.69) is 16.4 Å². The molecule has 0 fully saturated rings. The van der Waals surface area contributed by atoms with E-state index in [4.69, 9.17) is 5.11 Å². The molecule has 0 amide bonds. The molecule has 1 aromatic heterocycles. The third-order valence-electron chi connectivity index (χ3n) is 3.65. The van der Waals surface area contributed by atoms with Gasteiger partial charge in [-0.3, -0.25) is 0 Å². The Balaban J connectivity index is 1.65. The van der Waals surface area contributed by atoms with Gasteiger partial charge >= 0.3 is 5.97 Å². The molecule has 1 aliphatic carbocycles. The van der Waals surface area contributed by atoms with Gasteiger partial charge < -0.3 is 10.4 Å². The molecule has 4 heteroatoms. The second-order valence-electron chi connectivity index (χ2n) is 5.05. The fourth-order valence-electron chi connectivity index (χ4n) is 2.51. The standard InChI is InChI=1S/C16H16N2O2/c19-16(20)12-6-4-11(5-7-12)9-17-15-8-13-2-1-3-14(13)10-18-15/h4-8,10H,1-3,9H2,(H,17,18)(H,19,20). The number of hydrogen-bond donors (Lipinski definition) is 2. The van der Waals surface area contributed by atoms with E-state index < -0.39 is 5.97 Å². The van der Waals surface area contributed by atoms with Crippen molar-refractivity contribution in [2.75, 3.05) is 5.32 Å². The first-order chi connectivity index (χ1) is 9.72. The van der Waals surface area contributed by atoms with Gasteiger partial charge in [0.05, 0.1) is 5.56 Å². The smallest absolute Gasteiger partial charge is 0.335 e. The topological polar surface area (TPSA) is 62.2 Å². The van der Waals surface area contributed by atoms with Crippen molar-refractivity contribution < 1.29 is 9.90 Å². The van der Waals surface area contributed by atoms with Gasteiger partial charge in [0.2, 0.25) is 0 Å². The highest BCUT2D eigenvalue weighted by atomic mass is 16.4. The van der Waals surface area contributed by atoms with E-state index in [0.29, 0.717) is 12.1 Å². The Morgan fingerprint density at radius 1 is 1.20 bits per heavy atom. The number of nitrogens with zero attached hydrogens (tertiary/aromatic N) is 1. The molecule has 0 radical (unpaired) electrons. The number of pyridine rings is 1. The lowest BCUT2D eigenvalue weighted by Crippen LogP contribution is -2.03. The summed E-state index contributed by atoms with van der Waals surface area (Å²) in [5, 5.41) is 12.1. The minimum Gasteiger partial charge on any atom is -0.478 e. The van der Waals surface area contributed by atoms with Crippen LogP contribution in [0.4, 0.5) is 5.82 Å². The quantitative estimate of drug-likeness (QED) is 0.895. The summed E-state index contributed by atoms with van der Waals surface area (Å²) in [6, 6.07) is 9.01. The van der Waals surface area contributed by atoms with Gasteiger partial charge in [-0.2, -0.15) is 0 Å². The molecule has 0 spiro atoms. The van der Waals surface area contributed by atoms with E-state index in [1.54, 1.807) is 12.1 Å². The van der Waals surface area contributed by atoms with Crippen molar-refractivity contribution in [3.8, 4) is 0 Å². The first-order valence-corrected chi connectivity index (χ1v) is 6.76. The second kappa shape index (κ2) is 5.33. The lowest BCUT2D eigenvalue weighted by Gasteiger charge is -2.08. The van der Waals surface area contributed by atoms with E-state index >= 15 is 0 Å². The highest BCUT2D eigenvalue weighted by Crippen LogP contribution is 2.23. The molecular formula is C16H16N2O2. The molecule has 0 bridgehead atoms. The summed E-state index contributed by atoms with van der Waals surface area (Å²) in [7, 11) is 0. The molecule has 0 saturated carbocycles. The van der Waals surface area contributed by atoms with E-state index in [9.17, 15) is 4.79 Å². The Bertz CT molecular complexity index is 635. The molecule has 1 heterocycles. The van der Waals surface area contributed by atoms with Gasteiger partial charge in [0.15, 0.2) is 0 Å². The fraction of sp³-hybridized carbons (Fsp3) is 0.250. The number of carboxylic acid groups (broad SMARTS) is 1. The second-order valence-corrected chi connectivity index (χ2v) is 5.05. The van der Waals surface area contributed by atoms with Crippen LogP contribution in [-0.4, -0.2) is 16.1 Å². The molecule has 0 saturated heterocycles. The van der Waals surface area contributed by atoms with Crippen LogP contribution in [-0.2, 0) is 19.4 Å². The molecule has 2 N–H and O–H groups in total. The third kappa shape index (κ3) is 2.64. The van der Waals surface area contributed by atoms with Crippen molar-refractivity contribution in [1.82, 2.24) is 4.98 Å². The largest absolute Gasteiger partial charge is 0.478 e. The summed E-state index contributed by atoms with van der Waals surface area (Å²) in [4.78, 5) is 15.2. The van der Waals surface area contributed by atoms with Gasteiger partial charge in [0.25, 0.3) is 0 Å². The van der Waals surface area contributed by atoms with Crippen LogP contribution in [0.2, 0.25) is 0 Å². The fourth-order valence-corrected chi connectivity index (χ4v) is 2.51. The maximum Gasteiger partial charge on any atom is 0.335 e. The van der Waals surface area contributed by atoms with Crippen LogP contribution in [0, 0.1) is 0 Å². The number of nitrogens with one attached hydrogen (secondary N) is 1. The minimum atomic E-state index is -0.898. The summed E-state index contributed by atoms with van der Waals surface area (Å²) < 4.78 is 0. The van der Waals surface area contributed by atoms with E-state index in [1.807, 2.05) is 18.3 Å². The summed E-state index contributed by atoms with van der Waals surface area (Å²) >= 11 is 0. The Kier molecular flexibility index (Phi) is 3.37. The summed E-state index contributed by atoms with van der Waals surface area (Å²) in [6.45, 7) is 0.645. The number of rotatable bonds is 4. The van der Waals surface area contributed by atoms with Gasteiger partial charge in [-0.1, -0.05) is 12.1 Å². The number of aromatic nitrogens is 1. The molecular weight excluding hydrogens is 252 g/mol. The molecule has 3 rings (SSSR count). The maximum absolute atomic E-state index is 10.8. The van der Waals surface area contributed by atoms with Crippen LogP contribution in [0.3, 0.4) is 0 Å². The molecule has 102 valence electrons. The monoisotopic (exact) mass is 268 g/mol. The first kappa shape index (κ1) is 12.7. The lowest BCUT2D eigenvalue weighted by molar-refractivity contribution is 0.0697. The summed E-state index contributed by atoms with van der Waals surface area (Å²) in [6.07, 6.45) is 5.45. The highest BCUT2D eigenvalue weighted by molar-refractivity contribution is 5.87. The lowest BCUT2D eigenvalue weighted by atomic mass is 10.1. The van der Waals surface area contributed by atoms with Gasteiger partial charge in [0, 0.05) is 12.7 Å². The van der Waals surface area contributed by atoms with Crippen LogP contribution in [0.15, 0.2) is 36.5 Å². The zero-order chi connectivity index (χ0) is 13.9. The average molecular weight is 268 g/mol. The molecule has 0 unspecified atom stereocenters. The molecule has 20 heavy (non-hydrogen) atoms. The van der Waals surface area contributed by atoms with Crippen molar-refractivity contribution in [3.63, 3.8) is 0 Å². The van der Waals surface area contributed by atoms with Crippen LogP contribution < -0.4 is 5.32 Å². The predicted octanol–water partition coefficient (Wildman–Crippen LogP) is 2.88. The Morgan fingerprint density at radius 2 is 1.95 bits per heavy atom. The number of carbonyl (C=O) groups is 1. The predicted molar refractivity (Wildman–Crippen MR) is 77.0 cm³/mol. The number of anilines is 1. The van der Waals surface area contributed by atoms with Crippen molar-refractivity contribution in [2.24, 2.45) is 0 Å². The van der Waals surface area contributed by atoms with E-state index in [1.165, 1.54) is 17.5 Å². The normalized spacial score (nSPS) is 13.0. The minimum absolute atomic E-state index is 0.310. The van der Waals surface area contributed by atoms with Gasteiger partial charge in [-0.15, -0.1) is 0 Å². The van der Waals surface area contributed by atoms with Crippen molar-refractivity contribution in [3.05, 3.63) is 58.8 Å². The summed E-state index contributed by atoms with van der Waals surface area (Å²) in [5.41, 5.74) is 4.10. The van der Waals surface area contributed by atoms with Gasteiger partial charge in [0.1, 0.15) is 5.82 Å². The number of aryl methyl sites for hydroxylation is 2. The molecule has 0 aliphatic heterocycles. The molecule has 0 atom stereocenters. The Hall–Kier alpha value is -2.36.